The Morgan fingerprint density at radius 1 is 1.09 bits per heavy atom. The first-order valence-corrected chi connectivity index (χ1v) is 7.64. The van der Waals surface area contributed by atoms with Crippen LogP contribution < -0.4 is 0 Å². The Morgan fingerprint density at radius 2 is 1.68 bits per heavy atom. The molecule has 122 valence electrons. The molecule has 1 saturated heterocycles. The summed E-state index contributed by atoms with van der Waals surface area (Å²) in [7, 11) is 0. The van der Waals surface area contributed by atoms with Crippen LogP contribution in [-0.4, -0.2) is 64.4 Å². The topological polar surface area (TPSA) is 67.7 Å². The molecule has 1 aliphatic heterocycles. The molecule has 7 nitrogen and oxygen atoms in total. The van der Waals surface area contributed by atoms with Gasteiger partial charge in [0.15, 0.2) is 0 Å². The first kappa shape index (κ1) is 16.3. The third kappa shape index (κ3) is 3.40. The molecule has 0 aromatic carbocycles. The van der Waals surface area contributed by atoms with E-state index in [1.807, 2.05) is 20.8 Å². The lowest BCUT2D eigenvalue weighted by atomic mass is 10.2. The van der Waals surface area contributed by atoms with Gasteiger partial charge in [-0.05, 0) is 33.3 Å². The third-order valence-electron chi connectivity index (χ3n) is 4.19. The van der Waals surface area contributed by atoms with Gasteiger partial charge in [0, 0.05) is 31.9 Å². The van der Waals surface area contributed by atoms with Crippen LogP contribution >= 0.6 is 0 Å². The van der Waals surface area contributed by atoms with E-state index < -0.39 is 0 Å². The highest BCUT2D eigenvalue weighted by atomic mass is 16.6. The van der Waals surface area contributed by atoms with Gasteiger partial charge in [0.05, 0.1) is 12.3 Å². The van der Waals surface area contributed by atoms with Crippen LogP contribution in [0.5, 0.6) is 0 Å². The van der Waals surface area contributed by atoms with Gasteiger partial charge >= 0.3 is 6.09 Å². The molecule has 0 saturated carbocycles. The van der Waals surface area contributed by atoms with Gasteiger partial charge in [-0.2, -0.15) is 5.10 Å². The first-order chi connectivity index (χ1) is 10.4. The zero-order chi connectivity index (χ0) is 16.3. The van der Waals surface area contributed by atoms with Crippen LogP contribution in [0, 0.1) is 20.8 Å². The second-order valence-corrected chi connectivity index (χ2v) is 5.52. The minimum Gasteiger partial charge on any atom is -0.450 e. The largest absolute Gasteiger partial charge is 0.450 e. The standard InChI is InChI=1S/C15H24N4O3/c1-5-22-15(21)18-8-6-17(7-9-18)14(20)10-19-13(4)11(2)12(3)16-19/h5-10H2,1-4H3. The monoisotopic (exact) mass is 308 g/mol. The fourth-order valence-electron chi connectivity index (χ4n) is 2.52. The van der Waals surface area contributed by atoms with E-state index in [1.54, 1.807) is 21.4 Å². The van der Waals surface area contributed by atoms with Crippen LogP contribution in [0.2, 0.25) is 0 Å². The number of amides is 2. The zero-order valence-electron chi connectivity index (χ0n) is 13.8. The molecular weight excluding hydrogens is 284 g/mol. The lowest BCUT2D eigenvalue weighted by molar-refractivity contribution is -0.133. The van der Waals surface area contributed by atoms with Crippen molar-refractivity contribution in [3.63, 3.8) is 0 Å². The van der Waals surface area contributed by atoms with Crippen molar-refractivity contribution >= 4 is 12.0 Å². The number of nitrogens with zero attached hydrogens (tertiary/aromatic N) is 4. The molecule has 2 amide bonds. The predicted molar refractivity (Wildman–Crippen MR) is 81.6 cm³/mol. The highest BCUT2D eigenvalue weighted by Crippen LogP contribution is 2.12. The number of aromatic nitrogens is 2. The van der Waals surface area contributed by atoms with E-state index in [0.717, 1.165) is 17.0 Å². The number of piperazine rings is 1. The molecule has 0 spiro atoms. The number of carbonyl (C=O) groups excluding carboxylic acids is 2. The van der Waals surface area contributed by atoms with E-state index in [-0.39, 0.29) is 18.5 Å². The maximum atomic E-state index is 12.4. The van der Waals surface area contributed by atoms with Gasteiger partial charge in [-0.1, -0.05) is 0 Å². The van der Waals surface area contributed by atoms with Crippen molar-refractivity contribution in [3.8, 4) is 0 Å². The van der Waals surface area contributed by atoms with E-state index in [4.69, 9.17) is 4.74 Å². The summed E-state index contributed by atoms with van der Waals surface area (Å²) in [6, 6.07) is 0. The zero-order valence-corrected chi connectivity index (χ0v) is 13.8. The predicted octanol–water partition coefficient (Wildman–Crippen LogP) is 1.11. The number of rotatable bonds is 3. The second-order valence-electron chi connectivity index (χ2n) is 5.52. The van der Waals surface area contributed by atoms with Gasteiger partial charge in [-0.25, -0.2) is 4.79 Å². The maximum Gasteiger partial charge on any atom is 0.409 e. The fraction of sp³-hybridized carbons (Fsp3) is 0.667. The fourth-order valence-corrected chi connectivity index (χ4v) is 2.52. The molecule has 7 heteroatoms. The lowest BCUT2D eigenvalue weighted by Crippen LogP contribution is -2.51. The molecular formula is C15H24N4O3. The van der Waals surface area contributed by atoms with Crippen LogP contribution in [0.3, 0.4) is 0 Å². The van der Waals surface area contributed by atoms with Crippen molar-refractivity contribution in [2.45, 2.75) is 34.2 Å². The normalized spacial score (nSPS) is 15.1. The molecule has 1 aromatic rings. The molecule has 0 atom stereocenters. The number of aryl methyl sites for hydroxylation is 1. The Labute approximate surface area is 130 Å². The molecule has 0 unspecified atom stereocenters. The van der Waals surface area contributed by atoms with Crippen molar-refractivity contribution in [2.75, 3.05) is 32.8 Å². The molecule has 0 bridgehead atoms. The van der Waals surface area contributed by atoms with Gasteiger partial charge in [0.25, 0.3) is 0 Å². The summed E-state index contributed by atoms with van der Waals surface area (Å²) in [5.41, 5.74) is 3.10. The molecule has 1 aliphatic rings. The Bertz CT molecular complexity index is 559. The average molecular weight is 308 g/mol. The van der Waals surface area contributed by atoms with Gasteiger partial charge in [0.2, 0.25) is 5.91 Å². The Morgan fingerprint density at radius 3 is 2.18 bits per heavy atom. The van der Waals surface area contributed by atoms with Crippen LogP contribution in [0.15, 0.2) is 0 Å². The van der Waals surface area contributed by atoms with E-state index in [2.05, 4.69) is 5.10 Å². The van der Waals surface area contributed by atoms with Crippen LogP contribution in [0.4, 0.5) is 4.79 Å². The van der Waals surface area contributed by atoms with E-state index in [9.17, 15) is 9.59 Å². The summed E-state index contributed by atoms with van der Waals surface area (Å²) in [4.78, 5) is 27.4. The second kappa shape index (κ2) is 6.81. The molecule has 0 radical (unpaired) electrons. The van der Waals surface area contributed by atoms with Crippen LogP contribution in [0.1, 0.15) is 23.9 Å². The van der Waals surface area contributed by atoms with E-state index >= 15 is 0 Å². The summed E-state index contributed by atoms with van der Waals surface area (Å²) in [5.74, 6) is 0.0362. The number of carbonyl (C=O) groups is 2. The molecule has 1 fully saturated rings. The lowest BCUT2D eigenvalue weighted by Gasteiger charge is -2.34. The molecule has 0 N–H and O–H groups in total. The highest BCUT2D eigenvalue weighted by Gasteiger charge is 2.25. The van der Waals surface area contributed by atoms with Crippen molar-refractivity contribution in [1.29, 1.82) is 0 Å². The number of hydrogen-bond acceptors (Lipinski definition) is 4. The van der Waals surface area contributed by atoms with Crippen LogP contribution in [-0.2, 0) is 16.1 Å². The van der Waals surface area contributed by atoms with Gasteiger partial charge in [-0.3, -0.25) is 9.48 Å². The molecule has 2 heterocycles. The van der Waals surface area contributed by atoms with E-state index in [0.29, 0.717) is 32.8 Å². The summed E-state index contributed by atoms with van der Waals surface area (Å²) in [5, 5.41) is 4.40. The first-order valence-electron chi connectivity index (χ1n) is 7.64. The van der Waals surface area contributed by atoms with Crippen molar-refractivity contribution in [3.05, 3.63) is 17.0 Å². The molecule has 2 rings (SSSR count). The Hall–Kier alpha value is -2.05. The number of ether oxygens (including phenoxy) is 1. The minimum absolute atomic E-state index is 0.0362. The highest BCUT2D eigenvalue weighted by molar-refractivity contribution is 5.76. The SMILES string of the molecule is CCOC(=O)N1CCN(C(=O)Cn2nc(C)c(C)c2C)CC1. The van der Waals surface area contributed by atoms with Crippen LogP contribution in [0.25, 0.3) is 0 Å². The summed E-state index contributed by atoms with van der Waals surface area (Å²) in [6.07, 6.45) is -0.302. The van der Waals surface area contributed by atoms with Crippen molar-refractivity contribution in [2.24, 2.45) is 0 Å². The Kier molecular flexibility index (Phi) is 5.05. The van der Waals surface area contributed by atoms with Crippen molar-refractivity contribution < 1.29 is 14.3 Å². The van der Waals surface area contributed by atoms with Gasteiger partial charge < -0.3 is 14.5 Å². The number of hydrogen-bond donors (Lipinski definition) is 0. The minimum atomic E-state index is -0.302. The smallest absolute Gasteiger partial charge is 0.409 e. The van der Waals surface area contributed by atoms with E-state index in [1.165, 1.54) is 0 Å². The van der Waals surface area contributed by atoms with Gasteiger partial charge in [-0.15, -0.1) is 0 Å². The van der Waals surface area contributed by atoms with Crippen molar-refractivity contribution in [1.82, 2.24) is 19.6 Å². The quantitative estimate of drug-likeness (QED) is 0.839. The molecule has 22 heavy (non-hydrogen) atoms. The Balaban J connectivity index is 1.90. The average Bonchev–Trinajstić information content (AvgIpc) is 2.75. The summed E-state index contributed by atoms with van der Waals surface area (Å²) < 4.78 is 6.73. The third-order valence-corrected chi connectivity index (χ3v) is 4.19. The summed E-state index contributed by atoms with van der Waals surface area (Å²) in [6.45, 7) is 10.4. The summed E-state index contributed by atoms with van der Waals surface area (Å²) >= 11 is 0. The molecule has 1 aromatic heterocycles. The maximum absolute atomic E-state index is 12.4. The van der Waals surface area contributed by atoms with Gasteiger partial charge in [0.1, 0.15) is 6.54 Å². The molecule has 0 aliphatic carbocycles.